The molecule has 0 aromatic heterocycles. The number of carbonyl (C=O) groups is 1. The second-order valence-electron chi connectivity index (χ2n) is 3.80. The van der Waals surface area contributed by atoms with Gasteiger partial charge in [-0.15, -0.1) is 11.6 Å². The fourth-order valence-corrected chi connectivity index (χ4v) is 2.01. The van der Waals surface area contributed by atoms with Crippen LogP contribution in [0.3, 0.4) is 0 Å². The van der Waals surface area contributed by atoms with Crippen LogP contribution in [0.1, 0.15) is 6.42 Å². The van der Waals surface area contributed by atoms with E-state index in [9.17, 15) is 4.79 Å². The van der Waals surface area contributed by atoms with Crippen molar-refractivity contribution >= 4 is 23.3 Å². The SMILES string of the molecule is O=C1N(CCCCl)CCN1c1ccccc1. The number of anilines is 1. The van der Waals surface area contributed by atoms with Crippen molar-refractivity contribution in [3.8, 4) is 0 Å². The lowest BCUT2D eigenvalue weighted by Crippen LogP contribution is -2.32. The minimum Gasteiger partial charge on any atom is -0.323 e. The molecule has 1 aliphatic heterocycles. The van der Waals surface area contributed by atoms with E-state index in [1.54, 1.807) is 0 Å². The first-order valence-corrected chi connectivity index (χ1v) is 6.04. The first-order valence-electron chi connectivity index (χ1n) is 5.50. The quantitative estimate of drug-likeness (QED) is 0.740. The minimum atomic E-state index is 0.0938. The first-order chi connectivity index (χ1) is 7.83. The molecular weight excluding hydrogens is 224 g/mol. The highest BCUT2D eigenvalue weighted by Crippen LogP contribution is 2.19. The summed E-state index contributed by atoms with van der Waals surface area (Å²) < 4.78 is 0. The zero-order valence-corrected chi connectivity index (χ0v) is 9.86. The molecule has 0 radical (unpaired) electrons. The second-order valence-corrected chi connectivity index (χ2v) is 4.18. The molecule has 0 spiro atoms. The molecule has 0 aliphatic carbocycles. The molecule has 0 saturated carbocycles. The third-order valence-corrected chi connectivity index (χ3v) is 2.99. The number of benzene rings is 1. The van der Waals surface area contributed by atoms with Gasteiger partial charge >= 0.3 is 6.03 Å². The summed E-state index contributed by atoms with van der Waals surface area (Å²) in [6.07, 6.45) is 0.857. The highest BCUT2D eigenvalue weighted by molar-refractivity contribution is 6.17. The molecule has 1 aromatic carbocycles. The van der Waals surface area contributed by atoms with Crippen molar-refractivity contribution in [2.24, 2.45) is 0 Å². The van der Waals surface area contributed by atoms with Crippen LogP contribution in [-0.2, 0) is 0 Å². The van der Waals surface area contributed by atoms with Gasteiger partial charge in [-0.3, -0.25) is 4.90 Å². The van der Waals surface area contributed by atoms with Crippen LogP contribution in [-0.4, -0.2) is 36.4 Å². The largest absolute Gasteiger partial charge is 0.324 e. The number of para-hydroxylation sites is 1. The van der Waals surface area contributed by atoms with Crippen LogP contribution in [0.2, 0.25) is 0 Å². The monoisotopic (exact) mass is 238 g/mol. The van der Waals surface area contributed by atoms with Crippen LogP contribution >= 0.6 is 11.6 Å². The summed E-state index contributed by atoms with van der Waals surface area (Å²) in [6.45, 7) is 2.32. The topological polar surface area (TPSA) is 23.6 Å². The Kier molecular flexibility index (Phi) is 3.67. The summed E-state index contributed by atoms with van der Waals surface area (Å²) in [5, 5.41) is 0. The fourth-order valence-electron chi connectivity index (χ4n) is 1.89. The Morgan fingerprint density at radius 3 is 2.62 bits per heavy atom. The number of urea groups is 1. The molecule has 2 rings (SSSR count). The molecule has 2 amide bonds. The molecule has 86 valence electrons. The highest BCUT2D eigenvalue weighted by atomic mass is 35.5. The summed E-state index contributed by atoms with van der Waals surface area (Å²) in [5.41, 5.74) is 0.973. The Labute approximate surface area is 101 Å². The van der Waals surface area contributed by atoms with Gasteiger partial charge in [0.05, 0.1) is 0 Å². The van der Waals surface area contributed by atoms with Crippen molar-refractivity contribution in [1.29, 1.82) is 0 Å². The van der Waals surface area contributed by atoms with Crippen molar-refractivity contribution in [2.75, 3.05) is 30.4 Å². The van der Waals surface area contributed by atoms with E-state index >= 15 is 0 Å². The van der Waals surface area contributed by atoms with Crippen molar-refractivity contribution in [3.63, 3.8) is 0 Å². The standard InChI is InChI=1S/C12H15ClN2O/c13-7-4-8-14-9-10-15(12(14)16)11-5-2-1-3-6-11/h1-3,5-6H,4,7-10H2. The van der Waals surface area contributed by atoms with Gasteiger partial charge in [0, 0.05) is 31.2 Å². The summed E-state index contributed by atoms with van der Waals surface area (Å²) in [7, 11) is 0. The lowest BCUT2D eigenvalue weighted by atomic mass is 10.3. The predicted molar refractivity (Wildman–Crippen MR) is 66.1 cm³/mol. The zero-order valence-electron chi connectivity index (χ0n) is 9.10. The van der Waals surface area contributed by atoms with Gasteiger partial charge in [-0.25, -0.2) is 4.79 Å². The number of alkyl halides is 1. The molecule has 1 saturated heterocycles. The number of hydrogen-bond acceptors (Lipinski definition) is 1. The molecule has 3 nitrogen and oxygen atoms in total. The molecule has 1 fully saturated rings. The van der Waals surface area contributed by atoms with Crippen molar-refractivity contribution < 1.29 is 4.79 Å². The summed E-state index contributed by atoms with van der Waals surface area (Å²) in [6, 6.07) is 9.87. The lowest BCUT2D eigenvalue weighted by molar-refractivity contribution is 0.221. The Bertz CT molecular complexity index is 355. The highest BCUT2D eigenvalue weighted by Gasteiger charge is 2.28. The van der Waals surface area contributed by atoms with E-state index in [-0.39, 0.29) is 6.03 Å². The summed E-state index contributed by atoms with van der Waals surface area (Å²) in [5.74, 6) is 0.606. The van der Waals surface area contributed by atoms with Crippen LogP contribution < -0.4 is 4.90 Å². The average molecular weight is 239 g/mol. The van der Waals surface area contributed by atoms with Gasteiger partial charge in [0.15, 0.2) is 0 Å². The van der Waals surface area contributed by atoms with Gasteiger partial charge in [0.25, 0.3) is 0 Å². The number of carbonyl (C=O) groups excluding carboxylic acids is 1. The molecule has 0 unspecified atom stereocenters. The van der Waals surface area contributed by atoms with E-state index in [4.69, 9.17) is 11.6 Å². The maximum Gasteiger partial charge on any atom is 0.324 e. The number of hydrogen-bond donors (Lipinski definition) is 0. The van der Waals surface area contributed by atoms with Crippen LogP contribution in [0.4, 0.5) is 10.5 Å². The zero-order chi connectivity index (χ0) is 11.4. The molecule has 0 bridgehead atoms. The van der Waals surface area contributed by atoms with E-state index in [1.807, 2.05) is 40.1 Å². The van der Waals surface area contributed by atoms with E-state index in [0.29, 0.717) is 5.88 Å². The first kappa shape index (κ1) is 11.3. The lowest BCUT2D eigenvalue weighted by Gasteiger charge is -2.18. The Morgan fingerprint density at radius 2 is 1.94 bits per heavy atom. The van der Waals surface area contributed by atoms with Gasteiger partial charge in [-0.2, -0.15) is 0 Å². The molecule has 4 heteroatoms. The van der Waals surface area contributed by atoms with Gasteiger partial charge < -0.3 is 4.90 Å². The Hall–Kier alpha value is -1.22. The smallest absolute Gasteiger partial charge is 0.323 e. The van der Waals surface area contributed by atoms with Crippen LogP contribution in [0.5, 0.6) is 0 Å². The number of amides is 2. The molecule has 0 N–H and O–H groups in total. The van der Waals surface area contributed by atoms with Gasteiger partial charge in [0.2, 0.25) is 0 Å². The van der Waals surface area contributed by atoms with Crippen molar-refractivity contribution in [1.82, 2.24) is 4.90 Å². The predicted octanol–water partition coefficient (Wildman–Crippen LogP) is 2.56. The van der Waals surface area contributed by atoms with Gasteiger partial charge in [-0.05, 0) is 18.6 Å². The third kappa shape index (κ3) is 2.30. The Morgan fingerprint density at radius 1 is 1.19 bits per heavy atom. The normalized spacial score (nSPS) is 15.9. The molecule has 1 aromatic rings. The molecule has 16 heavy (non-hydrogen) atoms. The maximum atomic E-state index is 12.0. The summed E-state index contributed by atoms with van der Waals surface area (Å²) in [4.78, 5) is 15.7. The van der Waals surface area contributed by atoms with Crippen LogP contribution in [0.15, 0.2) is 30.3 Å². The third-order valence-electron chi connectivity index (χ3n) is 2.72. The molecule has 1 heterocycles. The molecule has 1 aliphatic rings. The van der Waals surface area contributed by atoms with Gasteiger partial charge in [-0.1, -0.05) is 18.2 Å². The van der Waals surface area contributed by atoms with Crippen molar-refractivity contribution in [3.05, 3.63) is 30.3 Å². The van der Waals surface area contributed by atoms with Gasteiger partial charge in [0.1, 0.15) is 0 Å². The van der Waals surface area contributed by atoms with Crippen LogP contribution in [0.25, 0.3) is 0 Å². The van der Waals surface area contributed by atoms with E-state index in [1.165, 1.54) is 0 Å². The minimum absolute atomic E-state index is 0.0938. The number of halogens is 1. The number of rotatable bonds is 4. The van der Waals surface area contributed by atoms with Crippen molar-refractivity contribution in [2.45, 2.75) is 6.42 Å². The van der Waals surface area contributed by atoms with E-state index < -0.39 is 0 Å². The Balaban J connectivity index is 2.02. The average Bonchev–Trinajstić information content (AvgIpc) is 2.69. The van der Waals surface area contributed by atoms with Crippen LogP contribution in [0, 0.1) is 0 Å². The van der Waals surface area contributed by atoms with E-state index in [0.717, 1.165) is 31.7 Å². The summed E-state index contributed by atoms with van der Waals surface area (Å²) >= 11 is 5.63. The molecule has 0 atom stereocenters. The number of nitrogens with zero attached hydrogens (tertiary/aromatic N) is 2. The second kappa shape index (κ2) is 5.21. The maximum absolute atomic E-state index is 12.0. The van der Waals surface area contributed by atoms with E-state index in [2.05, 4.69) is 0 Å². The fraction of sp³-hybridized carbons (Fsp3) is 0.417. The molecular formula is C12H15ClN2O.